The molecule has 5 nitrogen and oxygen atoms in total. The molecule has 2 radical (unpaired) electrons. The SMILES string of the molecule is CC1(C)OCC(C2OC([S-])C(O)C2O)O1.[Ac].[Ac].[Au+]. The Kier molecular flexibility index (Phi) is 13.1. The molecule has 0 amide bonds. The minimum atomic E-state index is -1.03. The molecule has 18 heavy (non-hydrogen) atoms. The van der Waals surface area contributed by atoms with Gasteiger partial charge in [-0.3, -0.25) is 0 Å². The van der Waals surface area contributed by atoms with Crippen LogP contribution in [0.5, 0.6) is 0 Å². The second kappa shape index (κ2) is 9.81. The van der Waals surface area contributed by atoms with Gasteiger partial charge in [-0.25, -0.2) is 0 Å². The van der Waals surface area contributed by atoms with Gasteiger partial charge in [0.15, 0.2) is 5.79 Å². The van der Waals surface area contributed by atoms with Crippen molar-refractivity contribution in [3.05, 3.63) is 0 Å². The van der Waals surface area contributed by atoms with Gasteiger partial charge in [-0.15, -0.1) is 0 Å². The summed E-state index contributed by atoms with van der Waals surface area (Å²) in [5.74, 6) is -0.668. The quantitative estimate of drug-likeness (QED) is 0.264. The Morgan fingerprint density at radius 3 is 2.06 bits per heavy atom. The van der Waals surface area contributed by atoms with E-state index in [1.165, 1.54) is 0 Å². The molecule has 2 saturated heterocycles. The van der Waals surface area contributed by atoms with Crippen molar-refractivity contribution in [2.24, 2.45) is 0 Å². The zero-order valence-corrected chi connectivity index (χ0v) is 22.6. The van der Waals surface area contributed by atoms with Gasteiger partial charge in [0.05, 0.1) is 12.7 Å². The van der Waals surface area contributed by atoms with E-state index in [9.17, 15) is 10.2 Å². The Balaban J connectivity index is 0. The van der Waals surface area contributed by atoms with E-state index >= 15 is 0 Å². The van der Waals surface area contributed by atoms with Gasteiger partial charge in [-0.05, 0) is 19.3 Å². The first-order valence-electron chi connectivity index (χ1n) is 4.90. The maximum atomic E-state index is 9.68. The van der Waals surface area contributed by atoms with Crippen LogP contribution in [-0.2, 0) is 49.2 Å². The van der Waals surface area contributed by atoms with Crippen LogP contribution in [0.4, 0.5) is 0 Å². The molecule has 2 rings (SSSR count). The monoisotopic (exact) mass is 886 g/mol. The van der Waals surface area contributed by atoms with Gasteiger partial charge < -0.3 is 37.1 Å². The minimum absolute atomic E-state index is 0. The van der Waals surface area contributed by atoms with Crippen LogP contribution in [-0.4, -0.2) is 52.5 Å². The molecule has 0 aromatic carbocycles. The third-order valence-corrected chi connectivity index (χ3v) is 3.04. The Bertz CT molecular complexity index is 261. The molecule has 2 heterocycles. The molecular formula is C9H15Ac2AuO5S. The summed E-state index contributed by atoms with van der Waals surface area (Å²) < 4.78 is 16.2. The van der Waals surface area contributed by atoms with E-state index in [2.05, 4.69) is 0 Å². The molecule has 2 N–H and O–H groups in total. The van der Waals surface area contributed by atoms with Crippen LogP contribution < -0.4 is 0 Å². The second-order valence-electron chi connectivity index (χ2n) is 4.32. The van der Waals surface area contributed by atoms with Gasteiger partial charge in [-0.2, -0.15) is 0 Å². The zero-order chi connectivity index (χ0) is 11.2. The van der Waals surface area contributed by atoms with Crippen LogP contribution in [0.3, 0.4) is 0 Å². The first-order valence-corrected chi connectivity index (χ1v) is 5.37. The van der Waals surface area contributed by atoms with E-state index < -0.39 is 29.5 Å². The molecule has 2 fully saturated rings. The number of aliphatic hydroxyl groups is 2. The van der Waals surface area contributed by atoms with Gasteiger partial charge in [0, 0.05) is 88.1 Å². The summed E-state index contributed by atoms with van der Waals surface area (Å²) >= 11 is 4.84. The fraction of sp³-hybridized carbons (Fsp3) is 1.00. The van der Waals surface area contributed by atoms with Gasteiger partial charge in [-0.1, -0.05) is 0 Å². The Morgan fingerprint density at radius 2 is 1.72 bits per heavy atom. The van der Waals surface area contributed by atoms with Gasteiger partial charge in [0.2, 0.25) is 0 Å². The van der Waals surface area contributed by atoms with E-state index in [1.54, 1.807) is 13.8 Å². The third kappa shape index (κ3) is 5.76. The van der Waals surface area contributed by atoms with Crippen molar-refractivity contribution in [2.75, 3.05) is 6.61 Å². The van der Waals surface area contributed by atoms with Crippen molar-refractivity contribution in [2.45, 2.75) is 49.5 Å². The normalized spacial score (nSPS) is 41.5. The van der Waals surface area contributed by atoms with Crippen molar-refractivity contribution in [3.63, 3.8) is 0 Å². The molecule has 0 spiro atoms. The summed E-state index contributed by atoms with van der Waals surface area (Å²) in [6, 6.07) is 0. The minimum Gasteiger partial charge on any atom is -0.759 e. The van der Waals surface area contributed by atoms with Crippen molar-refractivity contribution >= 4 is 12.6 Å². The van der Waals surface area contributed by atoms with Crippen molar-refractivity contribution in [3.8, 4) is 0 Å². The van der Waals surface area contributed by atoms with Gasteiger partial charge in [0.25, 0.3) is 0 Å². The fourth-order valence-electron chi connectivity index (χ4n) is 1.86. The molecule has 0 aliphatic carbocycles. The third-order valence-electron chi connectivity index (χ3n) is 2.65. The van der Waals surface area contributed by atoms with Crippen LogP contribution in [0.2, 0.25) is 0 Å². The molecule has 9 heteroatoms. The van der Waals surface area contributed by atoms with E-state index in [0.29, 0.717) is 6.61 Å². The topological polar surface area (TPSA) is 68.2 Å². The predicted molar refractivity (Wildman–Crippen MR) is 52.9 cm³/mol. The number of aliphatic hydroxyl groups excluding tert-OH is 2. The number of hydrogen-bond acceptors (Lipinski definition) is 6. The summed E-state index contributed by atoms with van der Waals surface area (Å²) in [6.07, 6.45) is -3.02. The van der Waals surface area contributed by atoms with Crippen molar-refractivity contribution in [1.82, 2.24) is 0 Å². The van der Waals surface area contributed by atoms with Gasteiger partial charge >= 0.3 is 22.4 Å². The maximum absolute atomic E-state index is 9.68. The molecule has 104 valence electrons. The number of hydrogen-bond donors (Lipinski definition) is 2. The summed E-state index contributed by atoms with van der Waals surface area (Å²) in [6.45, 7) is 3.91. The zero-order valence-electron chi connectivity index (χ0n) is 10.1. The van der Waals surface area contributed by atoms with E-state index in [1.807, 2.05) is 0 Å². The Labute approximate surface area is 199 Å². The van der Waals surface area contributed by atoms with E-state index in [-0.39, 0.29) is 117 Å². The van der Waals surface area contributed by atoms with Crippen molar-refractivity contribution < 1.29 is 135 Å². The molecule has 0 saturated carbocycles. The Hall–Kier alpha value is 3.77. The Morgan fingerprint density at radius 1 is 1.17 bits per heavy atom. The molecular weight excluding hydrogens is 871 g/mol. The van der Waals surface area contributed by atoms with Crippen LogP contribution in [0.25, 0.3) is 0 Å². The van der Waals surface area contributed by atoms with Crippen LogP contribution in [0.15, 0.2) is 0 Å². The molecule has 0 bridgehead atoms. The summed E-state index contributed by atoms with van der Waals surface area (Å²) in [5.41, 5.74) is -0.780. The largest absolute Gasteiger partial charge is 1.00 e. The van der Waals surface area contributed by atoms with Crippen LogP contribution in [0, 0.1) is 88.1 Å². The van der Waals surface area contributed by atoms with Gasteiger partial charge in [0.1, 0.15) is 18.3 Å². The molecule has 0 aromatic heterocycles. The number of rotatable bonds is 1. The van der Waals surface area contributed by atoms with Crippen LogP contribution in [0.1, 0.15) is 13.8 Å². The first-order chi connectivity index (χ1) is 6.91. The molecule has 5 atom stereocenters. The molecule has 2 aliphatic heterocycles. The van der Waals surface area contributed by atoms with E-state index in [0.717, 1.165) is 0 Å². The molecule has 0 aromatic rings. The van der Waals surface area contributed by atoms with Crippen molar-refractivity contribution in [1.29, 1.82) is 0 Å². The average Bonchev–Trinajstić information content (AvgIpc) is 2.62. The smallest absolute Gasteiger partial charge is 0.759 e. The predicted octanol–water partition coefficient (Wildman–Crippen LogP) is -0.871. The number of ether oxygens (including phenoxy) is 3. The average molecular weight is 886 g/mol. The summed E-state index contributed by atoms with van der Waals surface area (Å²) in [4.78, 5) is 0. The summed E-state index contributed by atoms with van der Waals surface area (Å²) in [5, 5.41) is 19.1. The second-order valence-corrected chi connectivity index (χ2v) is 4.78. The fourth-order valence-corrected chi connectivity index (χ4v) is 2.15. The standard InChI is InChI=1S/C9H16O5S.2Ac.Au/c1-9(2)12-3-4(14-9)7-5(10)6(11)8(15)13-7;;;/h4-8,10-11,15H,3H2,1-2H3;;;/q;;;+1/p-1. The molecule has 5 unspecified atom stereocenters. The summed E-state index contributed by atoms with van der Waals surface area (Å²) in [7, 11) is 0. The first kappa shape index (κ1) is 24.0. The molecule has 2 aliphatic rings. The van der Waals surface area contributed by atoms with Crippen LogP contribution >= 0.6 is 0 Å². The van der Waals surface area contributed by atoms with E-state index in [4.69, 9.17) is 26.8 Å². The maximum Gasteiger partial charge on any atom is 1.00 e.